The predicted molar refractivity (Wildman–Crippen MR) is 108 cm³/mol. The highest BCUT2D eigenvalue weighted by Crippen LogP contribution is 2.43. The van der Waals surface area contributed by atoms with E-state index in [-0.39, 0.29) is 24.0 Å². The summed E-state index contributed by atoms with van der Waals surface area (Å²) in [5, 5.41) is 6.98. The molecule has 0 aliphatic heterocycles. The van der Waals surface area contributed by atoms with E-state index in [4.69, 9.17) is 4.74 Å². The topological polar surface area (TPSA) is 48.9 Å². The van der Waals surface area contributed by atoms with Crippen LogP contribution in [0.15, 0.2) is 4.99 Å². The number of guanidine groups is 1. The first-order chi connectivity index (χ1) is 10.7. The summed E-state index contributed by atoms with van der Waals surface area (Å²) < 4.78 is 5.26. The summed E-state index contributed by atoms with van der Waals surface area (Å²) in [6.45, 7) is 7.35. The average Bonchev–Trinajstić information content (AvgIpc) is 3.32. The molecule has 0 heterocycles. The molecule has 2 N–H and O–H groups in total. The summed E-state index contributed by atoms with van der Waals surface area (Å²) in [7, 11) is 3.65. The number of methoxy groups -OCH3 is 1. The van der Waals surface area contributed by atoms with Crippen molar-refractivity contribution in [2.45, 2.75) is 51.5 Å². The standard InChI is InChI=1S/C17H34N4O.HI/c1-4-21(15-6-7-15)12-11-19-16(18-2)20-14-17(8-5-9-17)10-13-22-3;/h15H,4-14H2,1-3H3,(H2,18,19,20);1H. The maximum atomic E-state index is 5.26. The van der Waals surface area contributed by atoms with Crippen LogP contribution in [0.5, 0.6) is 0 Å². The summed E-state index contributed by atoms with van der Waals surface area (Å²) in [6.07, 6.45) is 7.88. The van der Waals surface area contributed by atoms with E-state index in [0.29, 0.717) is 5.41 Å². The quantitative estimate of drug-likeness (QED) is 0.313. The van der Waals surface area contributed by atoms with Crippen LogP contribution >= 0.6 is 24.0 Å². The van der Waals surface area contributed by atoms with Gasteiger partial charge in [-0.05, 0) is 44.1 Å². The zero-order valence-electron chi connectivity index (χ0n) is 15.1. The number of likely N-dealkylation sites (N-methyl/N-ethyl adjacent to an activating group) is 1. The number of aliphatic imine (C=N–C) groups is 1. The fourth-order valence-electron chi connectivity index (χ4n) is 3.36. The third-order valence-corrected chi connectivity index (χ3v) is 5.27. The van der Waals surface area contributed by atoms with Gasteiger partial charge in [-0.2, -0.15) is 0 Å². The number of hydrogen-bond acceptors (Lipinski definition) is 3. The van der Waals surface area contributed by atoms with Crippen LogP contribution in [0.4, 0.5) is 0 Å². The van der Waals surface area contributed by atoms with E-state index in [1.165, 1.54) is 32.1 Å². The number of nitrogens with zero attached hydrogens (tertiary/aromatic N) is 2. The number of halogens is 1. The van der Waals surface area contributed by atoms with Crippen LogP contribution in [0, 0.1) is 5.41 Å². The lowest BCUT2D eigenvalue weighted by atomic mass is 9.67. The Labute approximate surface area is 159 Å². The summed E-state index contributed by atoms with van der Waals surface area (Å²) in [5.74, 6) is 0.940. The SMILES string of the molecule is CCN(CCNC(=NC)NCC1(CCOC)CCC1)C1CC1.I. The molecule has 0 radical (unpaired) electrons. The zero-order chi connectivity index (χ0) is 15.8. The summed E-state index contributed by atoms with van der Waals surface area (Å²) in [4.78, 5) is 6.92. The van der Waals surface area contributed by atoms with E-state index in [9.17, 15) is 0 Å². The molecular weight excluding hydrogens is 403 g/mol. The number of nitrogens with one attached hydrogen (secondary N) is 2. The van der Waals surface area contributed by atoms with Gasteiger partial charge in [-0.1, -0.05) is 13.3 Å². The first-order valence-corrected chi connectivity index (χ1v) is 8.90. The van der Waals surface area contributed by atoms with Gasteiger partial charge in [0.2, 0.25) is 0 Å². The van der Waals surface area contributed by atoms with Crippen molar-refractivity contribution in [2.24, 2.45) is 10.4 Å². The van der Waals surface area contributed by atoms with Gasteiger partial charge < -0.3 is 15.4 Å². The molecule has 5 nitrogen and oxygen atoms in total. The van der Waals surface area contributed by atoms with Gasteiger partial charge in [-0.25, -0.2) is 0 Å². The Hall–Kier alpha value is -0.0800. The van der Waals surface area contributed by atoms with E-state index >= 15 is 0 Å². The fourth-order valence-corrected chi connectivity index (χ4v) is 3.36. The Kier molecular flexibility index (Phi) is 9.77. The fraction of sp³-hybridized carbons (Fsp3) is 0.941. The zero-order valence-corrected chi connectivity index (χ0v) is 17.4. The molecule has 23 heavy (non-hydrogen) atoms. The van der Waals surface area contributed by atoms with E-state index in [2.05, 4.69) is 27.4 Å². The van der Waals surface area contributed by atoms with Gasteiger partial charge in [0.15, 0.2) is 5.96 Å². The first kappa shape index (κ1) is 21.0. The third-order valence-electron chi connectivity index (χ3n) is 5.27. The lowest BCUT2D eigenvalue weighted by Gasteiger charge is -2.42. The Balaban J connectivity index is 0.00000264. The Morgan fingerprint density at radius 2 is 2.04 bits per heavy atom. The van der Waals surface area contributed by atoms with Crippen LogP contribution in [0.25, 0.3) is 0 Å². The first-order valence-electron chi connectivity index (χ1n) is 8.90. The predicted octanol–water partition coefficient (Wildman–Crippen LogP) is 2.46. The molecule has 2 aliphatic rings. The maximum absolute atomic E-state index is 5.26. The Morgan fingerprint density at radius 3 is 2.52 bits per heavy atom. The van der Waals surface area contributed by atoms with Gasteiger partial charge >= 0.3 is 0 Å². The molecule has 0 amide bonds. The highest BCUT2D eigenvalue weighted by molar-refractivity contribution is 14.0. The van der Waals surface area contributed by atoms with E-state index < -0.39 is 0 Å². The molecule has 0 aromatic carbocycles. The van der Waals surface area contributed by atoms with E-state index in [0.717, 1.165) is 51.2 Å². The van der Waals surface area contributed by atoms with E-state index in [1.807, 2.05) is 7.05 Å². The number of rotatable bonds is 10. The van der Waals surface area contributed by atoms with Crippen molar-refractivity contribution in [3.63, 3.8) is 0 Å². The molecule has 6 heteroatoms. The largest absolute Gasteiger partial charge is 0.385 e. The minimum atomic E-state index is 0. The molecule has 0 bridgehead atoms. The van der Waals surface area contributed by atoms with Crippen LogP contribution in [0.2, 0.25) is 0 Å². The number of ether oxygens (including phenoxy) is 1. The van der Waals surface area contributed by atoms with Gasteiger partial charge in [-0.3, -0.25) is 9.89 Å². The van der Waals surface area contributed by atoms with Crippen molar-refractivity contribution >= 4 is 29.9 Å². The minimum absolute atomic E-state index is 0. The molecule has 136 valence electrons. The van der Waals surface area contributed by atoms with Crippen LogP contribution in [-0.2, 0) is 4.74 Å². The molecule has 2 fully saturated rings. The Morgan fingerprint density at radius 1 is 1.30 bits per heavy atom. The lowest BCUT2D eigenvalue weighted by molar-refractivity contribution is 0.0732. The minimum Gasteiger partial charge on any atom is -0.385 e. The molecule has 2 saturated carbocycles. The third kappa shape index (κ3) is 6.74. The number of hydrogen-bond donors (Lipinski definition) is 2. The van der Waals surface area contributed by atoms with Crippen LogP contribution in [0.1, 0.15) is 45.4 Å². The molecule has 2 aliphatic carbocycles. The van der Waals surface area contributed by atoms with Gasteiger partial charge in [0.1, 0.15) is 0 Å². The normalized spacial score (nSPS) is 19.9. The van der Waals surface area contributed by atoms with Crippen LogP contribution < -0.4 is 10.6 Å². The van der Waals surface area contributed by atoms with Gasteiger partial charge in [0.05, 0.1) is 0 Å². The second kappa shape index (κ2) is 10.7. The molecule has 2 rings (SSSR count). The summed E-state index contributed by atoms with van der Waals surface area (Å²) in [5.41, 5.74) is 0.428. The second-order valence-electron chi connectivity index (χ2n) is 6.81. The van der Waals surface area contributed by atoms with Crippen LogP contribution in [-0.4, -0.2) is 63.8 Å². The maximum Gasteiger partial charge on any atom is 0.191 e. The average molecular weight is 438 g/mol. The second-order valence-corrected chi connectivity index (χ2v) is 6.81. The summed E-state index contributed by atoms with van der Waals surface area (Å²) >= 11 is 0. The van der Waals surface area contributed by atoms with Crippen LogP contribution in [0.3, 0.4) is 0 Å². The van der Waals surface area contributed by atoms with Crippen molar-refractivity contribution in [1.82, 2.24) is 15.5 Å². The van der Waals surface area contributed by atoms with Crippen molar-refractivity contribution in [1.29, 1.82) is 0 Å². The smallest absolute Gasteiger partial charge is 0.191 e. The van der Waals surface area contributed by atoms with Crippen molar-refractivity contribution in [2.75, 3.05) is 46.9 Å². The summed E-state index contributed by atoms with van der Waals surface area (Å²) in [6, 6.07) is 0.842. The molecule has 0 unspecified atom stereocenters. The van der Waals surface area contributed by atoms with E-state index in [1.54, 1.807) is 7.11 Å². The van der Waals surface area contributed by atoms with Crippen molar-refractivity contribution in [3.05, 3.63) is 0 Å². The molecule has 0 aromatic heterocycles. The van der Waals surface area contributed by atoms with Gasteiger partial charge in [-0.15, -0.1) is 24.0 Å². The molecule has 0 atom stereocenters. The van der Waals surface area contributed by atoms with Gasteiger partial charge in [0, 0.05) is 46.4 Å². The monoisotopic (exact) mass is 438 g/mol. The molecular formula is C17H35IN4O. The molecule has 0 spiro atoms. The molecule has 0 aromatic rings. The molecule has 0 saturated heterocycles. The highest BCUT2D eigenvalue weighted by Gasteiger charge is 2.36. The lowest BCUT2D eigenvalue weighted by Crippen LogP contribution is -2.48. The Bertz CT molecular complexity index is 357. The van der Waals surface area contributed by atoms with Crippen molar-refractivity contribution < 1.29 is 4.74 Å². The highest BCUT2D eigenvalue weighted by atomic mass is 127. The van der Waals surface area contributed by atoms with Crippen molar-refractivity contribution in [3.8, 4) is 0 Å². The van der Waals surface area contributed by atoms with Gasteiger partial charge in [0.25, 0.3) is 0 Å².